The van der Waals surface area contributed by atoms with Gasteiger partial charge < -0.3 is 18.9 Å². The van der Waals surface area contributed by atoms with E-state index in [4.69, 9.17) is 18.9 Å². The summed E-state index contributed by atoms with van der Waals surface area (Å²) in [6.07, 6.45) is 4.21. The monoisotopic (exact) mass is 466 g/mol. The number of hydrogen-bond acceptors (Lipinski definition) is 4. The van der Waals surface area contributed by atoms with Crippen LogP contribution in [0.25, 0.3) is 21.5 Å². The van der Waals surface area contributed by atoms with Crippen LogP contribution in [0.2, 0.25) is 0 Å². The first-order valence-electron chi connectivity index (χ1n) is 13.0. The predicted octanol–water partition coefficient (Wildman–Crippen LogP) is 8.70. The van der Waals surface area contributed by atoms with Crippen LogP contribution in [0.4, 0.5) is 0 Å². The molecule has 0 saturated heterocycles. The van der Waals surface area contributed by atoms with Gasteiger partial charge in [0, 0.05) is 21.5 Å². The Bertz CT molecular complexity index is 1000. The van der Waals surface area contributed by atoms with Crippen LogP contribution < -0.4 is 18.9 Å². The van der Waals surface area contributed by atoms with Gasteiger partial charge in [-0.05, 0) is 89.8 Å². The fraction of sp³-hybridized carbons (Fsp3) is 0.533. The summed E-state index contributed by atoms with van der Waals surface area (Å²) in [6, 6.07) is 12.5. The van der Waals surface area contributed by atoms with Gasteiger partial charge in [-0.1, -0.05) is 27.7 Å². The lowest BCUT2D eigenvalue weighted by molar-refractivity contribution is 0.214. The molecule has 4 unspecified atom stereocenters. The predicted molar refractivity (Wildman–Crippen MR) is 143 cm³/mol. The molecule has 0 N–H and O–H groups in total. The van der Waals surface area contributed by atoms with Crippen molar-refractivity contribution in [2.24, 2.45) is 0 Å². The first-order chi connectivity index (χ1) is 16.3. The van der Waals surface area contributed by atoms with E-state index < -0.39 is 0 Å². The second-order valence-corrected chi connectivity index (χ2v) is 9.42. The molecule has 0 radical (unpaired) electrons. The molecule has 0 spiro atoms. The average molecular weight is 467 g/mol. The highest BCUT2D eigenvalue weighted by atomic mass is 16.5. The zero-order valence-electron chi connectivity index (χ0n) is 22.2. The molecule has 0 heterocycles. The number of benzene rings is 3. The highest BCUT2D eigenvalue weighted by molar-refractivity contribution is 6.11. The lowest BCUT2D eigenvalue weighted by Crippen LogP contribution is -2.13. The molecule has 4 heteroatoms. The van der Waals surface area contributed by atoms with Crippen LogP contribution in [0, 0.1) is 0 Å². The van der Waals surface area contributed by atoms with Gasteiger partial charge in [-0.25, -0.2) is 0 Å². The van der Waals surface area contributed by atoms with Crippen LogP contribution in [0.5, 0.6) is 23.0 Å². The van der Waals surface area contributed by atoms with Gasteiger partial charge in [0.25, 0.3) is 0 Å². The van der Waals surface area contributed by atoms with Gasteiger partial charge >= 0.3 is 0 Å². The zero-order valence-corrected chi connectivity index (χ0v) is 22.2. The Morgan fingerprint density at radius 1 is 0.471 bits per heavy atom. The maximum absolute atomic E-state index is 6.55. The smallest absolute Gasteiger partial charge is 0.135 e. The molecule has 0 aliphatic rings. The lowest BCUT2D eigenvalue weighted by Gasteiger charge is -2.23. The largest absolute Gasteiger partial charge is 0.491 e. The molecule has 0 aromatic heterocycles. The summed E-state index contributed by atoms with van der Waals surface area (Å²) in [6.45, 7) is 17.0. The summed E-state index contributed by atoms with van der Waals surface area (Å²) in [7, 11) is 0. The van der Waals surface area contributed by atoms with Crippen molar-refractivity contribution >= 4 is 21.5 Å². The van der Waals surface area contributed by atoms with Crippen molar-refractivity contribution in [3.8, 4) is 23.0 Å². The van der Waals surface area contributed by atoms with Crippen molar-refractivity contribution in [1.82, 2.24) is 0 Å². The molecule has 3 aromatic carbocycles. The van der Waals surface area contributed by atoms with Crippen molar-refractivity contribution in [2.45, 2.75) is 105 Å². The third-order valence-corrected chi connectivity index (χ3v) is 6.57. The number of hydrogen-bond donors (Lipinski definition) is 0. The van der Waals surface area contributed by atoms with Crippen LogP contribution in [-0.4, -0.2) is 24.4 Å². The van der Waals surface area contributed by atoms with Crippen molar-refractivity contribution in [3.63, 3.8) is 0 Å². The Hall–Kier alpha value is -2.62. The third-order valence-electron chi connectivity index (χ3n) is 6.57. The standard InChI is InChI=1S/C30H42O4/c1-9-19(5)31-23-13-15-25-27(17-23)29(33-21(7)11-3)26-16-14-24(32-20(6)10-2)18-28(26)30(25)34-22(8)12-4/h13-22H,9-12H2,1-8H3. The maximum Gasteiger partial charge on any atom is 0.135 e. The lowest BCUT2D eigenvalue weighted by atomic mass is 9.99. The Labute approximate surface area is 205 Å². The topological polar surface area (TPSA) is 36.9 Å². The number of ether oxygens (including phenoxy) is 4. The molecule has 4 nitrogen and oxygen atoms in total. The Morgan fingerprint density at radius 2 is 0.794 bits per heavy atom. The molecule has 34 heavy (non-hydrogen) atoms. The fourth-order valence-electron chi connectivity index (χ4n) is 3.71. The van der Waals surface area contributed by atoms with E-state index in [9.17, 15) is 0 Å². The van der Waals surface area contributed by atoms with Gasteiger partial charge in [-0.3, -0.25) is 0 Å². The van der Waals surface area contributed by atoms with Crippen molar-refractivity contribution < 1.29 is 18.9 Å². The first-order valence-corrected chi connectivity index (χ1v) is 13.0. The van der Waals surface area contributed by atoms with Crippen LogP contribution in [0.1, 0.15) is 81.1 Å². The quantitative estimate of drug-likeness (QED) is 0.250. The number of fused-ring (bicyclic) bond motifs is 2. The Kier molecular flexibility index (Phi) is 8.93. The van der Waals surface area contributed by atoms with Gasteiger partial charge in [0.2, 0.25) is 0 Å². The van der Waals surface area contributed by atoms with E-state index in [0.29, 0.717) is 0 Å². The molecular formula is C30H42O4. The third kappa shape index (κ3) is 5.89. The average Bonchev–Trinajstić information content (AvgIpc) is 2.85. The minimum absolute atomic E-state index is 0.0860. The van der Waals surface area contributed by atoms with E-state index in [0.717, 1.165) is 70.2 Å². The summed E-state index contributed by atoms with van der Waals surface area (Å²) in [4.78, 5) is 0. The summed E-state index contributed by atoms with van der Waals surface area (Å²) in [5, 5.41) is 4.09. The molecule has 0 aliphatic carbocycles. The van der Waals surface area contributed by atoms with Crippen molar-refractivity contribution in [3.05, 3.63) is 36.4 Å². The molecule has 0 bridgehead atoms. The highest BCUT2D eigenvalue weighted by Crippen LogP contribution is 2.46. The van der Waals surface area contributed by atoms with Gasteiger partial charge in [0.05, 0.1) is 24.4 Å². The van der Waals surface area contributed by atoms with E-state index in [2.05, 4.69) is 79.7 Å². The van der Waals surface area contributed by atoms with Gasteiger partial charge in [0.1, 0.15) is 23.0 Å². The maximum atomic E-state index is 6.55. The van der Waals surface area contributed by atoms with Gasteiger partial charge in [-0.2, -0.15) is 0 Å². The zero-order chi connectivity index (χ0) is 24.8. The van der Waals surface area contributed by atoms with Crippen LogP contribution >= 0.6 is 0 Å². The molecule has 0 fully saturated rings. The van der Waals surface area contributed by atoms with E-state index in [1.165, 1.54) is 0 Å². The summed E-state index contributed by atoms with van der Waals surface area (Å²) < 4.78 is 25.4. The molecule has 0 saturated carbocycles. The van der Waals surface area contributed by atoms with E-state index in [1.54, 1.807) is 0 Å². The molecule has 0 aliphatic heterocycles. The Balaban J connectivity index is 2.32. The molecule has 4 atom stereocenters. The van der Waals surface area contributed by atoms with Gasteiger partial charge in [-0.15, -0.1) is 0 Å². The minimum Gasteiger partial charge on any atom is -0.491 e. The molecular weight excluding hydrogens is 424 g/mol. The first kappa shape index (κ1) is 26.0. The molecule has 3 rings (SSSR count). The van der Waals surface area contributed by atoms with E-state index in [1.807, 2.05) is 12.1 Å². The van der Waals surface area contributed by atoms with E-state index >= 15 is 0 Å². The molecule has 0 amide bonds. The second-order valence-electron chi connectivity index (χ2n) is 9.42. The summed E-state index contributed by atoms with van der Waals surface area (Å²) in [5.41, 5.74) is 0. The summed E-state index contributed by atoms with van der Waals surface area (Å²) >= 11 is 0. The minimum atomic E-state index is 0.0860. The van der Waals surface area contributed by atoms with Crippen LogP contribution in [-0.2, 0) is 0 Å². The highest BCUT2D eigenvalue weighted by Gasteiger charge is 2.21. The van der Waals surface area contributed by atoms with Crippen molar-refractivity contribution in [1.29, 1.82) is 0 Å². The fourth-order valence-corrected chi connectivity index (χ4v) is 3.71. The SMILES string of the molecule is CCC(C)Oc1ccc2c(OC(C)CC)c3cc(OC(C)CC)ccc3c(OC(C)CC)c2c1. The second kappa shape index (κ2) is 11.7. The molecule has 186 valence electrons. The molecule has 3 aromatic rings. The summed E-state index contributed by atoms with van der Waals surface area (Å²) in [5.74, 6) is 3.45. The Morgan fingerprint density at radius 3 is 1.12 bits per heavy atom. The van der Waals surface area contributed by atoms with Gasteiger partial charge in [0.15, 0.2) is 0 Å². The normalized spacial score (nSPS) is 15.1. The van der Waals surface area contributed by atoms with Crippen molar-refractivity contribution in [2.75, 3.05) is 0 Å². The van der Waals surface area contributed by atoms with Crippen LogP contribution in [0.3, 0.4) is 0 Å². The van der Waals surface area contributed by atoms with E-state index in [-0.39, 0.29) is 24.4 Å². The number of rotatable bonds is 12. The van der Waals surface area contributed by atoms with Crippen LogP contribution in [0.15, 0.2) is 36.4 Å².